The summed E-state index contributed by atoms with van der Waals surface area (Å²) in [7, 11) is 3.31. The van der Waals surface area contributed by atoms with Crippen molar-refractivity contribution in [3.8, 4) is 11.5 Å². The van der Waals surface area contributed by atoms with Crippen LogP contribution in [0.4, 0.5) is 0 Å². The maximum absolute atomic E-state index is 5.23. The monoisotopic (exact) mass is 249 g/mol. The molecule has 0 radical (unpaired) electrons. The number of rotatable bonds is 5. The standard InChI is InChI=1S/C15H23NO2/c1-15(2,3)16-8-6-7-12-9-13(17-4)11-14(10-12)18-5/h6-7,9-11,16H,8H2,1-5H3. The Hall–Kier alpha value is -1.48. The fraction of sp³-hybridized carbons (Fsp3) is 0.467. The highest BCUT2D eigenvalue weighted by molar-refractivity contribution is 5.55. The van der Waals surface area contributed by atoms with E-state index in [0.29, 0.717) is 0 Å². The van der Waals surface area contributed by atoms with Gasteiger partial charge in [-0.3, -0.25) is 0 Å². The summed E-state index contributed by atoms with van der Waals surface area (Å²) in [6.07, 6.45) is 4.16. The molecule has 0 heterocycles. The summed E-state index contributed by atoms with van der Waals surface area (Å²) in [5.41, 5.74) is 1.21. The van der Waals surface area contributed by atoms with Gasteiger partial charge in [-0.15, -0.1) is 0 Å². The van der Waals surface area contributed by atoms with Crippen LogP contribution in [0, 0.1) is 0 Å². The molecule has 0 atom stereocenters. The first-order valence-electron chi connectivity index (χ1n) is 6.09. The van der Waals surface area contributed by atoms with Crippen molar-refractivity contribution >= 4 is 6.08 Å². The van der Waals surface area contributed by atoms with Crippen molar-refractivity contribution in [2.45, 2.75) is 26.3 Å². The Morgan fingerprint density at radius 3 is 2.06 bits per heavy atom. The lowest BCUT2D eigenvalue weighted by molar-refractivity contribution is 0.394. The SMILES string of the molecule is COc1cc(C=CCNC(C)(C)C)cc(OC)c1. The van der Waals surface area contributed by atoms with Gasteiger partial charge in [-0.05, 0) is 38.5 Å². The molecule has 0 aliphatic rings. The summed E-state index contributed by atoms with van der Waals surface area (Å²) in [6, 6.07) is 5.83. The molecule has 1 rings (SSSR count). The van der Waals surface area contributed by atoms with E-state index in [1.807, 2.05) is 18.2 Å². The second-order valence-corrected chi connectivity index (χ2v) is 5.18. The van der Waals surface area contributed by atoms with Gasteiger partial charge < -0.3 is 14.8 Å². The average Bonchev–Trinajstić information content (AvgIpc) is 2.33. The number of hydrogen-bond donors (Lipinski definition) is 1. The van der Waals surface area contributed by atoms with Crippen LogP contribution in [-0.4, -0.2) is 26.3 Å². The van der Waals surface area contributed by atoms with Gasteiger partial charge in [-0.2, -0.15) is 0 Å². The molecule has 0 unspecified atom stereocenters. The molecule has 100 valence electrons. The molecule has 3 heteroatoms. The quantitative estimate of drug-likeness (QED) is 0.869. The molecular weight excluding hydrogens is 226 g/mol. The van der Waals surface area contributed by atoms with Gasteiger partial charge in [-0.1, -0.05) is 12.2 Å². The van der Waals surface area contributed by atoms with Crippen LogP contribution in [0.1, 0.15) is 26.3 Å². The Kier molecular flexibility index (Phi) is 5.23. The second-order valence-electron chi connectivity index (χ2n) is 5.18. The van der Waals surface area contributed by atoms with E-state index in [0.717, 1.165) is 23.6 Å². The second kappa shape index (κ2) is 6.45. The molecule has 0 aromatic heterocycles. The number of ether oxygens (including phenoxy) is 2. The molecule has 0 aliphatic carbocycles. The Morgan fingerprint density at radius 1 is 1.06 bits per heavy atom. The first-order valence-corrected chi connectivity index (χ1v) is 6.09. The van der Waals surface area contributed by atoms with E-state index in [9.17, 15) is 0 Å². The lowest BCUT2D eigenvalue weighted by atomic mass is 10.1. The highest BCUT2D eigenvalue weighted by Crippen LogP contribution is 2.23. The zero-order valence-electron chi connectivity index (χ0n) is 11.9. The van der Waals surface area contributed by atoms with E-state index in [2.05, 4.69) is 38.2 Å². The Balaban J connectivity index is 2.68. The molecule has 0 spiro atoms. The van der Waals surface area contributed by atoms with Crippen LogP contribution in [-0.2, 0) is 0 Å². The van der Waals surface area contributed by atoms with E-state index in [1.54, 1.807) is 14.2 Å². The van der Waals surface area contributed by atoms with Crippen molar-refractivity contribution < 1.29 is 9.47 Å². The first kappa shape index (κ1) is 14.6. The van der Waals surface area contributed by atoms with Crippen LogP contribution in [0.3, 0.4) is 0 Å². The van der Waals surface area contributed by atoms with Crippen molar-refractivity contribution in [3.63, 3.8) is 0 Å². The number of nitrogens with one attached hydrogen (secondary N) is 1. The molecule has 1 aromatic carbocycles. The predicted molar refractivity (Wildman–Crippen MR) is 76.3 cm³/mol. The maximum atomic E-state index is 5.23. The van der Waals surface area contributed by atoms with Crippen LogP contribution in [0.25, 0.3) is 6.08 Å². The predicted octanol–water partition coefficient (Wildman–Crippen LogP) is 3.11. The lowest BCUT2D eigenvalue weighted by Crippen LogP contribution is -2.35. The van der Waals surface area contributed by atoms with E-state index < -0.39 is 0 Å². The van der Waals surface area contributed by atoms with Crippen LogP contribution in [0.2, 0.25) is 0 Å². The Bertz CT molecular complexity index is 383. The van der Waals surface area contributed by atoms with Crippen LogP contribution in [0.5, 0.6) is 11.5 Å². The van der Waals surface area contributed by atoms with Gasteiger partial charge >= 0.3 is 0 Å². The van der Waals surface area contributed by atoms with Gasteiger partial charge in [-0.25, -0.2) is 0 Å². The van der Waals surface area contributed by atoms with Crippen molar-refractivity contribution in [2.75, 3.05) is 20.8 Å². The van der Waals surface area contributed by atoms with Crippen molar-refractivity contribution in [3.05, 3.63) is 29.8 Å². The minimum absolute atomic E-state index is 0.135. The van der Waals surface area contributed by atoms with E-state index in [4.69, 9.17) is 9.47 Å². The maximum Gasteiger partial charge on any atom is 0.123 e. The van der Waals surface area contributed by atoms with Crippen LogP contribution in [0.15, 0.2) is 24.3 Å². The highest BCUT2D eigenvalue weighted by atomic mass is 16.5. The smallest absolute Gasteiger partial charge is 0.123 e. The third kappa shape index (κ3) is 5.23. The normalized spacial score (nSPS) is 11.8. The molecule has 0 amide bonds. The van der Waals surface area contributed by atoms with Gasteiger partial charge in [0.05, 0.1) is 14.2 Å². The highest BCUT2D eigenvalue weighted by Gasteiger charge is 2.05. The summed E-state index contributed by atoms with van der Waals surface area (Å²) in [6.45, 7) is 7.28. The molecule has 0 saturated carbocycles. The molecule has 1 N–H and O–H groups in total. The van der Waals surface area contributed by atoms with Crippen LogP contribution >= 0.6 is 0 Å². The van der Waals surface area contributed by atoms with Crippen LogP contribution < -0.4 is 14.8 Å². The van der Waals surface area contributed by atoms with Crippen molar-refractivity contribution in [1.82, 2.24) is 5.32 Å². The summed E-state index contributed by atoms with van der Waals surface area (Å²) in [4.78, 5) is 0. The fourth-order valence-corrected chi connectivity index (χ4v) is 1.49. The summed E-state index contributed by atoms with van der Waals surface area (Å²) in [5, 5.41) is 3.40. The largest absolute Gasteiger partial charge is 0.497 e. The summed E-state index contributed by atoms with van der Waals surface area (Å²) < 4.78 is 10.5. The van der Waals surface area contributed by atoms with Gasteiger partial charge in [0.15, 0.2) is 0 Å². The summed E-state index contributed by atoms with van der Waals surface area (Å²) in [5.74, 6) is 1.61. The topological polar surface area (TPSA) is 30.5 Å². The molecule has 0 saturated heterocycles. The van der Waals surface area contributed by atoms with Gasteiger partial charge in [0.2, 0.25) is 0 Å². The van der Waals surface area contributed by atoms with E-state index >= 15 is 0 Å². The average molecular weight is 249 g/mol. The number of methoxy groups -OCH3 is 2. The Labute approximate surface area is 110 Å². The van der Waals surface area contributed by atoms with Crippen molar-refractivity contribution in [1.29, 1.82) is 0 Å². The Morgan fingerprint density at radius 2 is 1.61 bits per heavy atom. The van der Waals surface area contributed by atoms with E-state index in [1.165, 1.54) is 0 Å². The first-order chi connectivity index (χ1) is 8.44. The zero-order valence-corrected chi connectivity index (χ0v) is 11.9. The molecule has 0 aliphatic heterocycles. The van der Waals surface area contributed by atoms with E-state index in [-0.39, 0.29) is 5.54 Å². The van der Waals surface area contributed by atoms with Gasteiger partial charge in [0, 0.05) is 18.2 Å². The molecule has 1 aromatic rings. The third-order valence-corrected chi connectivity index (χ3v) is 2.43. The van der Waals surface area contributed by atoms with Gasteiger partial charge in [0.25, 0.3) is 0 Å². The lowest BCUT2D eigenvalue weighted by Gasteiger charge is -2.18. The third-order valence-electron chi connectivity index (χ3n) is 2.43. The zero-order chi connectivity index (χ0) is 13.6. The minimum Gasteiger partial charge on any atom is -0.497 e. The minimum atomic E-state index is 0.135. The summed E-state index contributed by atoms with van der Waals surface area (Å²) >= 11 is 0. The number of benzene rings is 1. The van der Waals surface area contributed by atoms with Crippen molar-refractivity contribution in [2.24, 2.45) is 0 Å². The number of hydrogen-bond acceptors (Lipinski definition) is 3. The molecule has 0 fully saturated rings. The molecule has 0 bridgehead atoms. The fourth-order valence-electron chi connectivity index (χ4n) is 1.49. The molecule has 18 heavy (non-hydrogen) atoms. The van der Waals surface area contributed by atoms with Gasteiger partial charge in [0.1, 0.15) is 11.5 Å². The molecular formula is C15H23NO2. The molecule has 3 nitrogen and oxygen atoms in total.